The summed E-state index contributed by atoms with van der Waals surface area (Å²) in [5, 5.41) is 6.89. The highest BCUT2D eigenvalue weighted by Crippen LogP contribution is 2.24. The predicted octanol–water partition coefficient (Wildman–Crippen LogP) is 3.32. The molecule has 0 aliphatic heterocycles. The summed E-state index contributed by atoms with van der Waals surface area (Å²) in [4.78, 5) is 17.9. The number of hydrogen-bond donors (Lipinski definition) is 1. The second kappa shape index (κ2) is 9.80. The third-order valence-electron chi connectivity index (χ3n) is 5.02. The lowest BCUT2D eigenvalue weighted by Crippen LogP contribution is -2.42. The van der Waals surface area contributed by atoms with E-state index >= 15 is 0 Å². The third kappa shape index (κ3) is 5.13. The highest BCUT2D eigenvalue weighted by molar-refractivity contribution is 7.09. The van der Waals surface area contributed by atoms with Gasteiger partial charge >= 0.3 is 0 Å². The van der Waals surface area contributed by atoms with E-state index in [-0.39, 0.29) is 0 Å². The average molecular weight is 374 g/mol. The van der Waals surface area contributed by atoms with Crippen molar-refractivity contribution >= 4 is 17.7 Å². The summed E-state index contributed by atoms with van der Waals surface area (Å²) in [5.74, 6) is 0. The largest absolute Gasteiger partial charge is 0.383 e. The van der Waals surface area contributed by atoms with Crippen LogP contribution in [0.25, 0.3) is 11.3 Å². The molecular formula is C20H27N3O2S. The first kappa shape index (κ1) is 19.0. The Bertz CT molecular complexity index is 669. The molecule has 1 aromatic carbocycles. The van der Waals surface area contributed by atoms with Gasteiger partial charge in [-0.15, -0.1) is 11.3 Å². The minimum absolute atomic E-state index is 0.352. The molecule has 3 rings (SSSR count). The van der Waals surface area contributed by atoms with Gasteiger partial charge in [-0.3, -0.25) is 4.79 Å². The van der Waals surface area contributed by atoms with E-state index < -0.39 is 0 Å². The van der Waals surface area contributed by atoms with Gasteiger partial charge in [0.05, 0.1) is 12.3 Å². The summed E-state index contributed by atoms with van der Waals surface area (Å²) in [6, 6.07) is 11.2. The van der Waals surface area contributed by atoms with Crippen LogP contribution >= 0.6 is 11.3 Å². The molecule has 1 N–H and O–H groups in total. The van der Waals surface area contributed by atoms with Crippen molar-refractivity contribution in [1.82, 2.24) is 15.2 Å². The van der Waals surface area contributed by atoms with Gasteiger partial charge in [-0.05, 0) is 25.7 Å². The van der Waals surface area contributed by atoms with Crippen LogP contribution in [0.3, 0.4) is 0 Å². The van der Waals surface area contributed by atoms with E-state index in [0.29, 0.717) is 25.2 Å². The van der Waals surface area contributed by atoms with Crippen molar-refractivity contribution in [2.45, 2.75) is 44.3 Å². The Hall–Kier alpha value is -1.76. The van der Waals surface area contributed by atoms with Crippen LogP contribution in [-0.4, -0.2) is 48.6 Å². The average Bonchev–Trinajstić information content (AvgIpc) is 3.18. The molecule has 0 saturated heterocycles. The number of aromatic nitrogens is 1. The number of ether oxygens (including phenoxy) is 1. The second-order valence-electron chi connectivity index (χ2n) is 6.71. The summed E-state index contributed by atoms with van der Waals surface area (Å²) in [5.41, 5.74) is 2.22. The number of nitrogens with one attached hydrogen (secondary N) is 1. The fraction of sp³-hybridized carbons (Fsp3) is 0.500. The number of nitrogens with zero attached hydrogens (tertiary/aromatic N) is 2. The van der Waals surface area contributed by atoms with Gasteiger partial charge in [0.1, 0.15) is 5.01 Å². The number of hydrogen-bond acceptors (Lipinski definition) is 5. The van der Waals surface area contributed by atoms with Crippen LogP contribution in [0, 0.1) is 0 Å². The van der Waals surface area contributed by atoms with Gasteiger partial charge in [-0.1, -0.05) is 30.3 Å². The molecule has 0 atom stereocenters. The Morgan fingerprint density at radius 3 is 2.73 bits per heavy atom. The molecule has 1 heterocycles. The predicted molar refractivity (Wildman–Crippen MR) is 105 cm³/mol. The SMILES string of the molecule is COCCN(C=O)C1CCC(NCc2nc(-c3ccccc3)cs2)CC1. The fourth-order valence-corrected chi connectivity index (χ4v) is 4.25. The van der Waals surface area contributed by atoms with E-state index in [2.05, 4.69) is 22.8 Å². The zero-order valence-electron chi connectivity index (χ0n) is 15.3. The molecular weight excluding hydrogens is 346 g/mol. The molecule has 0 radical (unpaired) electrons. The van der Waals surface area contributed by atoms with E-state index in [1.54, 1.807) is 18.4 Å². The summed E-state index contributed by atoms with van der Waals surface area (Å²) in [7, 11) is 1.67. The maximum atomic E-state index is 11.3. The monoisotopic (exact) mass is 373 g/mol. The van der Waals surface area contributed by atoms with Gasteiger partial charge in [0.15, 0.2) is 0 Å². The Morgan fingerprint density at radius 2 is 2.04 bits per heavy atom. The first-order chi connectivity index (χ1) is 12.8. The lowest BCUT2D eigenvalue weighted by atomic mass is 9.90. The standard InChI is InChI=1S/C20H27N3O2S/c1-25-12-11-23(15-24)18-9-7-17(8-10-18)21-13-20-22-19(14-26-20)16-5-3-2-4-6-16/h2-6,14-15,17-18,21H,7-13H2,1H3. The summed E-state index contributed by atoms with van der Waals surface area (Å²) < 4.78 is 5.09. The van der Waals surface area contributed by atoms with Crippen molar-refractivity contribution in [1.29, 1.82) is 0 Å². The van der Waals surface area contributed by atoms with Crippen LogP contribution in [0.2, 0.25) is 0 Å². The van der Waals surface area contributed by atoms with Crippen molar-refractivity contribution < 1.29 is 9.53 Å². The molecule has 2 aromatic rings. The fourth-order valence-electron chi connectivity index (χ4n) is 3.49. The van der Waals surface area contributed by atoms with Crippen LogP contribution < -0.4 is 5.32 Å². The van der Waals surface area contributed by atoms with Gasteiger partial charge in [0, 0.05) is 43.2 Å². The lowest BCUT2D eigenvalue weighted by molar-refractivity contribution is -0.121. The Morgan fingerprint density at radius 1 is 1.27 bits per heavy atom. The van der Waals surface area contributed by atoms with Crippen molar-refractivity contribution in [3.05, 3.63) is 40.7 Å². The van der Waals surface area contributed by atoms with E-state index in [1.807, 2.05) is 23.1 Å². The molecule has 5 nitrogen and oxygen atoms in total. The molecule has 1 fully saturated rings. The smallest absolute Gasteiger partial charge is 0.210 e. The highest BCUT2D eigenvalue weighted by Gasteiger charge is 2.24. The maximum absolute atomic E-state index is 11.3. The van der Waals surface area contributed by atoms with E-state index in [4.69, 9.17) is 9.72 Å². The molecule has 1 aliphatic rings. The molecule has 6 heteroatoms. The zero-order chi connectivity index (χ0) is 18.2. The molecule has 1 aliphatic carbocycles. The number of carbonyl (C=O) groups is 1. The van der Waals surface area contributed by atoms with Crippen LogP contribution in [0.5, 0.6) is 0 Å². The van der Waals surface area contributed by atoms with Crippen LogP contribution in [0.15, 0.2) is 35.7 Å². The highest BCUT2D eigenvalue weighted by atomic mass is 32.1. The first-order valence-electron chi connectivity index (χ1n) is 9.23. The Balaban J connectivity index is 1.44. The van der Waals surface area contributed by atoms with Crippen LogP contribution in [0.1, 0.15) is 30.7 Å². The number of thiazole rings is 1. The van der Waals surface area contributed by atoms with Crippen molar-refractivity contribution in [3.8, 4) is 11.3 Å². The van der Waals surface area contributed by atoms with E-state index in [1.165, 1.54) is 5.56 Å². The number of rotatable bonds is 9. The Kier molecular flexibility index (Phi) is 7.17. The molecule has 140 valence electrons. The molecule has 1 amide bonds. The van der Waals surface area contributed by atoms with E-state index in [9.17, 15) is 4.79 Å². The number of methoxy groups -OCH3 is 1. The van der Waals surface area contributed by atoms with Crippen LogP contribution in [-0.2, 0) is 16.1 Å². The van der Waals surface area contributed by atoms with Gasteiger partial charge in [-0.25, -0.2) is 4.98 Å². The normalized spacial score (nSPS) is 20.0. The van der Waals surface area contributed by atoms with Crippen molar-refractivity contribution in [2.24, 2.45) is 0 Å². The zero-order valence-corrected chi connectivity index (χ0v) is 16.1. The van der Waals surface area contributed by atoms with Crippen molar-refractivity contribution in [3.63, 3.8) is 0 Å². The summed E-state index contributed by atoms with van der Waals surface area (Å²) in [6.45, 7) is 2.10. The lowest BCUT2D eigenvalue weighted by Gasteiger charge is -2.35. The summed E-state index contributed by atoms with van der Waals surface area (Å²) >= 11 is 1.71. The van der Waals surface area contributed by atoms with E-state index in [0.717, 1.165) is 49.3 Å². The molecule has 0 bridgehead atoms. The molecule has 1 saturated carbocycles. The first-order valence-corrected chi connectivity index (χ1v) is 10.1. The van der Waals surface area contributed by atoms with Crippen LogP contribution in [0.4, 0.5) is 0 Å². The number of amides is 1. The third-order valence-corrected chi connectivity index (χ3v) is 5.87. The quantitative estimate of drug-likeness (QED) is 0.685. The molecule has 26 heavy (non-hydrogen) atoms. The number of carbonyl (C=O) groups excluding carboxylic acids is 1. The van der Waals surface area contributed by atoms with Gasteiger partial charge in [0.2, 0.25) is 6.41 Å². The van der Waals surface area contributed by atoms with Gasteiger partial charge in [-0.2, -0.15) is 0 Å². The maximum Gasteiger partial charge on any atom is 0.210 e. The second-order valence-corrected chi connectivity index (χ2v) is 7.66. The molecule has 0 spiro atoms. The Labute approximate surface area is 159 Å². The summed E-state index contributed by atoms with van der Waals surface area (Å²) in [6.07, 6.45) is 5.26. The van der Waals surface area contributed by atoms with Gasteiger partial charge in [0.25, 0.3) is 0 Å². The molecule has 0 unspecified atom stereocenters. The molecule has 1 aromatic heterocycles. The van der Waals surface area contributed by atoms with Crippen molar-refractivity contribution in [2.75, 3.05) is 20.3 Å². The topological polar surface area (TPSA) is 54.5 Å². The minimum Gasteiger partial charge on any atom is -0.383 e. The number of benzene rings is 1. The minimum atomic E-state index is 0.352. The van der Waals surface area contributed by atoms with Gasteiger partial charge < -0.3 is 15.0 Å².